The van der Waals surface area contributed by atoms with Gasteiger partial charge in [0.15, 0.2) is 0 Å². The number of nitrogens with zero attached hydrogens (tertiary/aromatic N) is 4. The number of hydrogen-bond donors (Lipinski definition) is 1. The first-order valence-electron chi connectivity index (χ1n) is 10.0. The summed E-state index contributed by atoms with van der Waals surface area (Å²) < 4.78 is 1.90. The fourth-order valence-electron chi connectivity index (χ4n) is 4.73. The second kappa shape index (κ2) is 6.89. The fraction of sp³-hybridized carbons (Fsp3) is 0.429. The summed E-state index contributed by atoms with van der Waals surface area (Å²) in [6, 6.07) is 7.52. The predicted octanol–water partition coefficient (Wildman–Crippen LogP) is 3.21. The highest BCUT2D eigenvalue weighted by molar-refractivity contribution is 5.94. The molecule has 144 valence electrons. The minimum absolute atomic E-state index is 0.0233. The number of aromatic amines is 1. The van der Waals surface area contributed by atoms with E-state index < -0.39 is 0 Å². The number of amides is 1. The lowest BCUT2D eigenvalue weighted by Gasteiger charge is -2.28. The molecule has 1 aliphatic heterocycles. The average molecular weight is 377 g/mol. The van der Waals surface area contributed by atoms with Crippen LogP contribution in [0.15, 0.2) is 41.5 Å². The zero-order valence-electron chi connectivity index (χ0n) is 15.7. The molecule has 0 spiro atoms. The molecule has 7 heteroatoms. The van der Waals surface area contributed by atoms with Gasteiger partial charge in [0.05, 0.1) is 28.7 Å². The van der Waals surface area contributed by atoms with Gasteiger partial charge in [-0.05, 0) is 37.8 Å². The van der Waals surface area contributed by atoms with Gasteiger partial charge in [0.25, 0.3) is 11.5 Å². The zero-order valence-corrected chi connectivity index (χ0v) is 15.7. The van der Waals surface area contributed by atoms with E-state index in [9.17, 15) is 9.59 Å². The molecule has 2 aromatic heterocycles. The third kappa shape index (κ3) is 2.73. The summed E-state index contributed by atoms with van der Waals surface area (Å²) in [5.74, 6) is 0.682. The molecule has 1 unspecified atom stereocenters. The highest BCUT2D eigenvalue weighted by Gasteiger charge is 2.36. The van der Waals surface area contributed by atoms with Crippen LogP contribution in [0.25, 0.3) is 10.9 Å². The number of nitrogens with one attached hydrogen (secondary N) is 1. The van der Waals surface area contributed by atoms with Crippen LogP contribution < -0.4 is 5.56 Å². The normalized spacial score (nSPS) is 20.3. The standard InChI is InChI=1S/C21H23N5O2/c27-20(14-12-22-23-13-14)25-11-5-10-18(25)19-24-17-9-4-3-8-16(17)21(28)26(19)15-6-1-2-7-15/h3-4,8-9,12-13,15,18H,1-2,5-7,10-11H2,(H,22,23). The van der Waals surface area contributed by atoms with Crippen molar-refractivity contribution in [3.63, 3.8) is 0 Å². The second-order valence-electron chi connectivity index (χ2n) is 7.74. The summed E-state index contributed by atoms with van der Waals surface area (Å²) >= 11 is 0. The molecule has 2 fully saturated rings. The van der Waals surface area contributed by atoms with Crippen molar-refractivity contribution in [2.24, 2.45) is 0 Å². The van der Waals surface area contributed by atoms with Crippen molar-refractivity contribution in [1.82, 2.24) is 24.6 Å². The van der Waals surface area contributed by atoms with E-state index in [0.29, 0.717) is 23.0 Å². The Hall–Kier alpha value is -2.96. The van der Waals surface area contributed by atoms with Gasteiger partial charge < -0.3 is 4.90 Å². The molecule has 28 heavy (non-hydrogen) atoms. The van der Waals surface area contributed by atoms with Crippen molar-refractivity contribution in [3.05, 3.63) is 58.4 Å². The molecular weight excluding hydrogens is 354 g/mol. The lowest BCUT2D eigenvalue weighted by molar-refractivity contribution is 0.0725. The number of para-hydroxylation sites is 1. The van der Waals surface area contributed by atoms with E-state index in [0.717, 1.165) is 44.3 Å². The van der Waals surface area contributed by atoms with Gasteiger partial charge >= 0.3 is 0 Å². The summed E-state index contributed by atoms with van der Waals surface area (Å²) in [7, 11) is 0. The minimum Gasteiger partial charge on any atom is -0.328 e. The van der Waals surface area contributed by atoms with Gasteiger partial charge in [-0.1, -0.05) is 25.0 Å². The van der Waals surface area contributed by atoms with Crippen LogP contribution in [-0.2, 0) is 0 Å². The van der Waals surface area contributed by atoms with E-state index in [-0.39, 0.29) is 23.6 Å². The van der Waals surface area contributed by atoms with Crippen LogP contribution in [0.3, 0.4) is 0 Å². The van der Waals surface area contributed by atoms with Crippen LogP contribution in [0, 0.1) is 0 Å². The molecule has 1 aromatic carbocycles. The molecule has 7 nitrogen and oxygen atoms in total. The van der Waals surface area contributed by atoms with Crippen molar-refractivity contribution < 1.29 is 4.79 Å². The third-order valence-corrected chi connectivity index (χ3v) is 6.08. The Kier molecular flexibility index (Phi) is 4.22. The number of likely N-dealkylation sites (tertiary alicyclic amines) is 1. The molecule has 0 radical (unpaired) electrons. The Bertz CT molecular complexity index is 1070. The van der Waals surface area contributed by atoms with Crippen LogP contribution in [0.1, 0.15) is 66.8 Å². The van der Waals surface area contributed by atoms with Crippen LogP contribution >= 0.6 is 0 Å². The van der Waals surface area contributed by atoms with Crippen LogP contribution in [0.2, 0.25) is 0 Å². The van der Waals surface area contributed by atoms with Gasteiger partial charge in [0, 0.05) is 18.8 Å². The molecular formula is C21H23N5O2. The summed E-state index contributed by atoms with van der Waals surface area (Å²) in [5, 5.41) is 7.27. The molecule has 3 aromatic rings. The van der Waals surface area contributed by atoms with Gasteiger partial charge in [-0.25, -0.2) is 4.98 Å². The highest BCUT2D eigenvalue weighted by Crippen LogP contribution is 2.36. The van der Waals surface area contributed by atoms with E-state index in [1.807, 2.05) is 33.7 Å². The maximum absolute atomic E-state index is 13.4. The van der Waals surface area contributed by atoms with Crippen LogP contribution in [-0.4, -0.2) is 37.1 Å². The van der Waals surface area contributed by atoms with Gasteiger partial charge in [-0.3, -0.25) is 19.3 Å². The monoisotopic (exact) mass is 377 g/mol. The number of carbonyl (C=O) groups excluding carboxylic acids is 1. The molecule has 1 saturated carbocycles. The minimum atomic E-state index is -0.180. The maximum atomic E-state index is 13.4. The van der Waals surface area contributed by atoms with Crippen molar-refractivity contribution in [2.45, 2.75) is 50.6 Å². The summed E-state index contributed by atoms with van der Waals surface area (Å²) in [6.07, 6.45) is 9.15. The molecule has 1 atom stereocenters. The van der Waals surface area contributed by atoms with E-state index in [2.05, 4.69) is 10.2 Å². The zero-order chi connectivity index (χ0) is 19.1. The molecule has 1 N–H and O–H groups in total. The Morgan fingerprint density at radius 1 is 1.11 bits per heavy atom. The molecule has 2 aliphatic rings. The van der Waals surface area contributed by atoms with E-state index in [4.69, 9.17) is 4.98 Å². The summed E-state index contributed by atoms with van der Waals surface area (Å²) in [6.45, 7) is 0.669. The smallest absolute Gasteiger partial charge is 0.261 e. The topological polar surface area (TPSA) is 83.9 Å². The number of rotatable bonds is 3. The number of benzene rings is 1. The van der Waals surface area contributed by atoms with Crippen LogP contribution in [0.4, 0.5) is 0 Å². The fourth-order valence-corrected chi connectivity index (χ4v) is 4.73. The molecule has 3 heterocycles. The highest BCUT2D eigenvalue weighted by atomic mass is 16.2. The largest absolute Gasteiger partial charge is 0.328 e. The van der Waals surface area contributed by atoms with E-state index in [1.54, 1.807) is 12.4 Å². The first-order valence-corrected chi connectivity index (χ1v) is 10.0. The van der Waals surface area contributed by atoms with Crippen molar-refractivity contribution in [3.8, 4) is 0 Å². The average Bonchev–Trinajstić information content (AvgIpc) is 3.49. The molecule has 1 amide bonds. The molecule has 1 aliphatic carbocycles. The van der Waals surface area contributed by atoms with E-state index >= 15 is 0 Å². The number of hydrogen-bond acceptors (Lipinski definition) is 4. The maximum Gasteiger partial charge on any atom is 0.261 e. The predicted molar refractivity (Wildman–Crippen MR) is 105 cm³/mol. The first-order chi connectivity index (χ1) is 13.7. The lowest BCUT2D eigenvalue weighted by Crippen LogP contribution is -2.36. The Morgan fingerprint density at radius 3 is 2.71 bits per heavy atom. The Balaban J connectivity index is 1.65. The number of fused-ring (bicyclic) bond motifs is 1. The third-order valence-electron chi connectivity index (χ3n) is 6.08. The second-order valence-corrected chi connectivity index (χ2v) is 7.74. The molecule has 1 saturated heterocycles. The Labute approximate surface area is 162 Å². The first kappa shape index (κ1) is 17.2. The van der Waals surface area contributed by atoms with Gasteiger partial charge in [0.1, 0.15) is 5.82 Å². The molecule has 0 bridgehead atoms. The van der Waals surface area contributed by atoms with Gasteiger partial charge in [0.2, 0.25) is 0 Å². The van der Waals surface area contributed by atoms with Crippen LogP contribution in [0.5, 0.6) is 0 Å². The van der Waals surface area contributed by atoms with E-state index in [1.165, 1.54) is 0 Å². The SMILES string of the molecule is O=C(c1cn[nH]c1)N1CCCC1c1nc2ccccc2c(=O)n1C1CCCC1. The summed E-state index contributed by atoms with van der Waals surface area (Å²) in [5.41, 5.74) is 1.27. The quantitative estimate of drug-likeness (QED) is 0.760. The van der Waals surface area contributed by atoms with Crippen molar-refractivity contribution in [2.75, 3.05) is 6.54 Å². The summed E-state index contributed by atoms with van der Waals surface area (Å²) in [4.78, 5) is 33.2. The van der Waals surface area contributed by atoms with Gasteiger partial charge in [-0.15, -0.1) is 0 Å². The number of aromatic nitrogens is 4. The lowest BCUT2D eigenvalue weighted by atomic mass is 10.1. The van der Waals surface area contributed by atoms with Gasteiger partial charge in [-0.2, -0.15) is 5.10 Å². The number of carbonyl (C=O) groups is 1. The number of H-pyrrole nitrogens is 1. The van der Waals surface area contributed by atoms with Crippen molar-refractivity contribution >= 4 is 16.8 Å². The van der Waals surface area contributed by atoms with Crippen molar-refractivity contribution in [1.29, 1.82) is 0 Å². The molecule has 5 rings (SSSR count). The Morgan fingerprint density at radius 2 is 1.93 bits per heavy atom.